The molecule has 0 heterocycles. The summed E-state index contributed by atoms with van der Waals surface area (Å²) >= 11 is 0. The van der Waals surface area contributed by atoms with E-state index >= 15 is 0 Å². The van der Waals surface area contributed by atoms with Crippen molar-refractivity contribution in [1.29, 1.82) is 0 Å². The number of carbonyl (C=O) groups excluding carboxylic acids is 1. The molecule has 4 aliphatic rings. The quantitative estimate of drug-likeness (QED) is 0.329. The van der Waals surface area contributed by atoms with Gasteiger partial charge in [0.15, 0.2) is 8.32 Å². The van der Waals surface area contributed by atoms with Crippen LogP contribution in [0.3, 0.4) is 0 Å². The molecule has 0 unspecified atom stereocenters. The summed E-state index contributed by atoms with van der Waals surface area (Å²) in [4.78, 5) is 11.6. The van der Waals surface area contributed by atoms with Crippen LogP contribution in [-0.2, 0) is 9.22 Å². The molecule has 0 N–H and O–H groups in total. The van der Waals surface area contributed by atoms with Crippen LogP contribution >= 0.6 is 0 Å². The van der Waals surface area contributed by atoms with Crippen molar-refractivity contribution in [2.24, 2.45) is 34.5 Å². The van der Waals surface area contributed by atoms with Crippen molar-refractivity contribution in [3.63, 3.8) is 0 Å². The molecule has 3 heteroatoms. The normalized spacial score (nSPS) is 41.4. The molecule has 4 rings (SSSR count). The predicted molar refractivity (Wildman–Crippen MR) is 132 cm³/mol. The zero-order valence-corrected chi connectivity index (χ0v) is 22.4. The van der Waals surface area contributed by atoms with E-state index in [1.54, 1.807) is 11.1 Å². The molecule has 3 saturated carbocycles. The first kappa shape index (κ1) is 23.5. The monoisotopic (exact) mass is 442 g/mol. The van der Waals surface area contributed by atoms with Crippen LogP contribution in [0, 0.1) is 34.5 Å². The third kappa shape index (κ3) is 3.66. The van der Waals surface area contributed by atoms with Gasteiger partial charge in [-0.1, -0.05) is 64.8 Å². The van der Waals surface area contributed by atoms with Crippen molar-refractivity contribution in [2.75, 3.05) is 0 Å². The van der Waals surface area contributed by atoms with E-state index in [0.717, 1.165) is 6.42 Å². The van der Waals surface area contributed by atoms with E-state index in [1.807, 2.05) is 0 Å². The first-order chi connectivity index (χ1) is 14.3. The van der Waals surface area contributed by atoms with E-state index in [0.29, 0.717) is 34.7 Å². The van der Waals surface area contributed by atoms with Crippen LogP contribution in [0.1, 0.15) is 86.5 Å². The van der Waals surface area contributed by atoms with Gasteiger partial charge in [0.2, 0.25) is 0 Å². The Hall–Kier alpha value is -0.673. The number of aldehydes is 1. The molecule has 0 bridgehead atoms. The van der Waals surface area contributed by atoms with Crippen molar-refractivity contribution in [1.82, 2.24) is 0 Å². The topological polar surface area (TPSA) is 26.3 Å². The van der Waals surface area contributed by atoms with Crippen LogP contribution < -0.4 is 0 Å². The fraction of sp³-hybridized carbons (Fsp3) is 0.821. The summed E-state index contributed by atoms with van der Waals surface area (Å²) in [6.07, 6.45) is 15.3. The van der Waals surface area contributed by atoms with Crippen LogP contribution in [0.15, 0.2) is 23.3 Å². The highest BCUT2D eigenvalue weighted by molar-refractivity contribution is 6.74. The number of carbonyl (C=O) groups is 1. The van der Waals surface area contributed by atoms with Crippen molar-refractivity contribution in [3.8, 4) is 0 Å². The Morgan fingerprint density at radius 1 is 1.06 bits per heavy atom. The van der Waals surface area contributed by atoms with E-state index in [-0.39, 0.29) is 11.0 Å². The number of hydrogen-bond acceptors (Lipinski definition) is 2. The molecule has 31 heavy (non-hydrogen) atoms. The molecule has 0 radical (unpaired) electrons. The number of rotatable bonds is 4. The van der Waals surface area contributed by atoms with Crippen molar-refractivity contribution >= 4 is 14.6 Å². The lowest BCUT2D eigenvalue weighted by atomic mass is 9.50. The van der Waals surface area contributed by atoms with Crippen LogP contribution in [0.4, 0.5) is 0 Å². The van der Waals surface area contributed by atoms with E-state index < -0.39 is 8.32 Å². The molecule has 174 valence electrons. The number of hydrogen-bond donors (Lipinski definition) is 0. The molecule has 0 spiro atoms. The van der Waals surface area contributed by atoms with Gasteiger partial charge in [0.25, 0.3) is 0 Å². The molecule has 4 aliphatic carbocycles. The Bertz CT molecular complexity index is 787. The number of fused-ring (bicyclic) bond motifs is 5. The van der Waals surface area contributed by atoms with Crippen LogP contribution in [-0.4, -0.2) is 20.7 Å². The highest BCUT2D eigenvalue weighted by Gasteiger charge is 2.57. The maximum absolute atomic E-state index is 11.6. The number of allylic oxidation sites excluding steroid dienone is 3. The lowest BCUT2D eigenvalue weighted by Crippen LogP contribution is -2.49. The van der Waals surface area contributed by atoms with E-state index in [2.05, 4.69) is 66.8 Å². The second-order valence-electron chi connectivity index (χ2n) is 13.3. The van der Waals surface area contributed by atoms with Gasteiger partial charge in [-0.15, -0.1) is 0 Å². The molecule has 0 aromatic rings. The fourth-order valence-electron chi connectivity index (χ4n) is 7.66. The minimum absolute atomic E-state index is 0.195. The summed E-state index contributed by atoms with van der Waals surface area (Å²) in [5, 5.41) is 0.271. The van der Waals surface area contributed by atoms with Gasteiger partial charge >= 0.3 is 0 Å². The fourth-order valence-corrected chi connectivity index (χ4v) is 9.05. The summed E-state index contributed by atoms with van der Waals surface area (Å²) < 4.78 is 6.86. The summed E-state index contributed by atoms with van der Waals surface area (Å²) in [5.41, 5.74) is 4.00. The molecule has 0 aromatic heterocycles. The van der Waals surface area contributed by atoms with E-state index in [4.69, 9.17) is 4.43 Å². The van der Waals surface area contributed by atoms with E-state index in [9.17, 15) is 4.79 Å². The average Bonchev–Trinajstić information content (AvgIpc) is 3.04. The predicted octanol–water partition coefficient (Wildman–Crippen LogP) is 7.71. The molecular formula is C28H46O2Si. The Morgan fingerprint density at radius 2 is 1.77 bits per heavy atom. The Balaban J connectivity index is 1.57. The highest BCUT2D eigenvalue weighted by atomic mass is 28.4. The first-order valence-corrected chi connectivity index (χ1v) is 15.8. The minimum atomic E-state index is -1.73. The van der Waals surface area contributed by atoms with Crippen molar-refractivity contribution in [3.05, 3.63) is 23.3 Å². The minimum Gasteiger partial charge on any atom is -0.414 e. The molecule has 0 amide bonds. The zero-order chi connectivity index (χ0) is 22.8. The van der Waals surface area contributed by atoms with Crippen molar-refractivity contribution in [2.45, 2.75) is 111 Å². The van der Waals surface area contributed by atoms with Crippen molar-refractivity contribution < 1.29 is 9.22 Å². The summed E-state index contributed by atoms with van der Waals surface area (Å²) in [7, 11) is -1.73. The Kier molecular flexibility index (Phi) is 5.82. The van der Waals surface area contributed by atoms with Gasteiger partial charge < -0.3 is 9.22 Å². The molecular weight excluding hydrogens is 396 g/mol. The summed E-state index contributed by atoms with van der Waals surface area (Å²) in [6, 6.07) is 0. The third-order valence-corrected chi connectivity index (χ3v) is 15.3. The molecule has 7 atom stereocenters. The molecule has 2 nitrogen and oxygen atoms in total. The van der Waals surface area contributed by atoms with Gasteiger partial charge in [-0.3, -0.25) is 0 Å². The summed E-state index contributed by atoms with van der Waals surface area (Å²) in [5.74, 6) is 2.13. The lowest BCUT2D eigenvalue weighted by molar-refractivity contribution is -0.113. The lowest BCUT2D eigenvalue weighted by Gasteiger charge is -2.55. The van der Waals surface area contributed by atoms with Gasteiger partial charge in [-0.25, -0.2) is 0 Å². The molecule has 3 fully saturated rings. The standard InChI is InChI=1S/C28H46O2Si/c1-19(18-29)23-11-12-24-22-10-9-20-17-21(30-31(7,8)26(2,3)4)13-15-27(20,5)25(22)14-16-28(23,24)6/h9-10,18-19,21,23-25H,11-17H2,1-8H3/t19-,21-,23+,24-,25-,27-,28+/m0/s1. The SMILES string of the molecule is C[C@@H](C=O)[C@H]1CC[C@H]2C3=CC=C4C[C@@H](O[Si](C)(C)C(C)(C)C)CC[C@]4(C)[C@H]3CC[C@]12C. The van der Waals surface area contributed by atoms with Gasteiger partial charge in [0.05, 0.1) is 0 Å². The second kappa shape index (κ2) is 7.69. The molecule has 0 saturated heterocycles. The van der Waals surface area contributed by atoms with Gasteiger partial charge in [-0.2, -0.15) is 0 Å². The molecule has 0 aromatic carbocycles. The Morgan fingerprint density at radius 3 is 2.42 bits per heavy atom. The van der Waals surface area contributed by atoms with Gasteiger partial charge in [0.1, 0.15) is 6.29 Å². The smallest absolute Gasteiger partial charge is 0.192 e. The van der Waals surface area contributed by atoms with E-state index in [1.165, 1.54) is 44.8 Å². The van der Waals surface area contributed by atoms with Gasteiger partial charge in [0, 0.05) is 12.0 Å². The average molecular weight is 443 g/mol. The van der Waals surface area contributed by atoms with Gasteiger partial charge in [-0.05, 0) is 91.7 Å². The summed E-state index contributed by atoms with van der Waals surface area (Å²) in [6.45, 7) is 19.0. The maximum atomic E-state index is 11.6. The molecule has 0 aliphatic heterocycles. The van der Waals surface area contributed by atoms with Crippen LogP contribution in [0.25, 0.3) is 0 Å². The first-order valence-electron chi connectivity index (χ1n) is 12.9. The third-order valence-electron chi connectivity index (χ3n) is 10.7. The van der Waals surface area contributed by atoms with Crippen LogP contribution in [0.5, 0.6) is 0 Å². The zero-order valence-electron chi connectivity index (χ0n) is 21.4. The largest absolute Gasteiger partial charge is 0.414 e. The van der Waals surface area contributed by atoms with Crippen LogP contribution in [0.2, 0.25) is 18.1 Å². The maximum Gasteiger partial charge on any atom is 0.192 e. The second-order valence-corrected chi connectivity index (χ2v) is 18.1. The highest BCUT2D eigenvalue weighted by Crippen LogP contribution is 2.66. The Labute approximate surface area is 192 Å².